The average molecular weight is 334 g/mol. The maximum absolute atomic E-state index is 14.2. The third-order valence-electron chi connectivity index (χ3n) is 4.36. The van der Waals surface area contributed by atoms with Gasteiger partial charge in [0.2, 0.25) is 0 Å². The van der Waals surface area contributed by atoms with Gasteiger partial charge in [0, 0.05) is 18.1 Å². The second-order valence-corrected chi connectivity index (χ2v) is 5.98. The summed E-state index contributed by atoms with van der Waals surface area (Å²) in [4.78, 5) is 0. The van der Waals surface area contributed by atoms with Gasteiger partial charge in [-0.15, -0.1) is 0 Å². The van der Waals surface area contributed by atoms with Crippen LogP contribution in [0.1, 0.15) is 23.6 Å². The first-order valence-corrected chi connectivity index (χ1v) is 8.14. The van der Waals surface area contributed by atoms with Crippen LogP contribution in [-0.2, 0) is 0 Å². The lowest BCUT2D eigenvalue weighted by Gasteiger charge is -2.23. The van der Waals surface area contributed by atoms with Crippen molar-refractivity contribution in [1.82, 2.24) is 0 Å². The van der Waals surface area contributed by atoms with Crippen molar-refractivity contribution in [3.8, 4) is 0 Å². The van der Waals surface area contributed by atoms with Crippen molar-refractivity contribution >= 4 is 11.4 Å². The van der Waals surface area contributed by atoms with E-state index >= 15 is 0 Å². The highest BCUT2D eigenvalue weighted by atomic mass is 19.1. The molecule has 0 saturated carbocycles. The number of para-hydroxylation sites is 1. The summed E-state index contributed by atoms with van der Waals surface area (Å²) in [6, 6.07) is 23.4. The van der Waals surface area contributed by atoms with Crippen LogP contribution in [0.15, 0.2) is 84.0 Å². The summed E-state index contributed by atoms with van der Waals surface area (Å²) in [5, 5.41) is 6.57. The lowest BCUT2D eigenvalue weighted by atomic mass is 9.98. The predicted octanol–water partition coefficient (Wildman–Crippen LogP) is 5.32. The highest BCUT2D eigenvalue weighted by Gasteiger charge is 2.30. The first-order chi connectivity index (χ1) is 12.2. The Morgan fingerprint density at radius 3 is 2.20 bits per heavy atom. The van der Waals surface area contributed by atoms with E-state index in [-0.39, 0.29) is 6.04 Å². The van der Waals surface area contributed by atoms with Crippen LogP contribution in [0.3, 0.4) is 0 Å². The molecule has 124 valence electrons. The van der Waals surface area contributed by atoms with E-state index in [1.165, 1.54) is 12.1 Å². The molecule has 4 rings (SSSR count). The molecule has 3 aromatic rings. The molecule has 1 aliphatic heterocycles. The van der Waals surface area contributed by atoms with Gasteiger partial charge in [-0.05, 0) is 29.8 Å². The van der Waals surface area contributed by atoms with Crippen LogP contribution in [0.4, 0.5) is 14.5 Å². The molecule has 0 fully saturated rings. The molecule has 25 heavy (non-hydrogen) atoms. The zero-order valence-electron chi connectivity index (χ0n) is 13.4. The van der Waals surface area contributed by atoms with E-state index in [4.69, 9.17) is 0 Å². The van der Waals surface area contributed by atoms with Gasteiger partial charge < -0.3 is 0 Å². The van der Waals surface area contributed by atoms with Crippen LogP contribution < -0.4 is 5.01 Å². The Hall–Kier alpha value is -3.01. The monoisotopic (exact) mass is 334 g/mol. The molecule has 0 aromatic heterocycles. The molecule has 3 aromatic carbocycles. The number of halogens is 2. The fourth-order valence-corrected chi connectivity index (χ4v) is 3.15. The van der Waals surface area contributed by atoms with Gasteiger partial charge >= 0.3 is 0 Å². The van der Waals surface area contributed by atoms with Crippen molar-refractivity contribution in [3.05, 3.63) is 102 Å². The molecule has 0 unspecified atom stereocenters. The number of hydrazone groups is 1. The molecule has 0 radical (unpaired) electrons. The van der Waals surface area contributed by atoms with Crippen molar-refractivity contribution in [2.75, 3.05) is 5.01 Å². The largest absolute Gasteiger partial charge is 0.257 e. The van der Waals surface area contributed by atoms with Crippen molar-refractivity contribution in [3.63, 3.8) is 0 Å². The first-order valence-electron chi connectivity index (χ1n) is 8.14. The molecule has 1 atom stereocenters. The number of hydrogen-bond acceptors (Lipinski definition) is 2. The van der Waals surface area contributed by atoms with E-state index in [1.54, 1.807) is 0 Å². The average Bonchev–Trinajstić information content (AvgIpc) is 3.08. The molecular formula is C21H16F2N2. The normalized spacial score (nSPS) is 16.8. The molecule has 0 N–H and O–H groups in total. The molecule has 0 amide bonds. The standard InChI is InChI=1S/C21H16F2N2/c22-16-11-12-18(19(23)13-16)20-14-21(15-7-3-1-4-8-15)25(24-20)17-9-5-2-6-10-17/h1-13,21H,14H2/t21-/m0/s1. The zero-order valence-corrected chi connectivity index (χ0v) is 13.4. The summed E-state index contributed by atoms with van der Waals surface area (Å²) in [6.07, 6.45) is 0.557. The van der Waals surface area contributed by atoms with Crippen molar-refractivity contribution in [1.29, 1.82) is 0 Å². The summed E-state index contributed by atoms with van der Waals surface area (Å²) in [5.74, 6) is -1.17. The Morgan fingerprint density at radius 1 is 0.840 bits per heavy atom. The fourth-order valence-electron chi connectivity index (χ4n) is 3.15. The molecular weight excluding hydrogens is 318 g/mol. The fraction of sp³-hybridized carbons (Fsp3) is 0.0952. The summed E-state index contributed by atoms with van der Waals surface area (Å²) < 4.78 is 27.4. The van der Waals surface area contributed by atoms with Crippen LogP contribution in [0.2, 0.25) is 0 Å². The zero-order chi connectivity index (χ0) is 17.2. The molecule has 0 bridgehead atoms. The van der Waals surface area contributed by atoms with E-state index < -0.39 is 11.6 Å². The molecule has 1 aliphatic rings. The van der Waals surface area contributed by atoms with Gasteiger partial charge in [0.05, 0.1) is 17.4 Å². The van der Waals surface area contributed by atoms with E-state index in [1.807, 2.05) is 65.7 Å². The van der Waals surface area contributed by atoms with Gasteiger partial charge in [-0.1, -0.05) is 48.5 Å². The van der Waals surface area contributed by atoms with Gasteiger partial charge in [-0.2, -0.15) is 5.10 Å². The topological polar surface area (TPSA) is 15.6 Å². The van der Waals surface area contributed by atoms with Gasteiger partial charge in [0.25, 0.3) is 0 Å². The van der Waals surface area contributed by atoms with Crippen LogP contribution in [0.25, 0.3) is 0 Å². The quantitative estimate of drug-likeness (QED) is 0.633. The number of rotatable bonds is 3. The van der Waals surface area contributed by atoms with Crippen LogP contribution in [-0.4, -0.2) is 5.71 Å². The number of benzene rings is 3. The second-order valence-electron chi connectivity index (χ2n) is 5.98. The van der Waals surface area contributed by atoms with E-state index in [9.17, 15) is 8.78 Å². The summed E-state index contributed by atoms with van der Waals surface area (Å²) in [7, 11) is 0. The summed E-state index contributed by atoms with van der Waals surface area (Å²) in [5.41, 5.74) is 3.01. The Bertz CT molecular complexity index is 908. The molecule has 1 heterocycles. The number of hydrogen-bond donors (Lipinski definition) is 0. The summed E-state index contributed by atoms with van der Waals surface area (Å²) >= 11 is 0. The Labute approximate surface area is 145 Å². The van der Waals surface area contributed by atoms with Gasteiger partial charge in [-0.25, -0.2) is 8.78 Å². The van der Waals surface area contributed by atoms with Crippen LogP contribution in [0.5, 0.6) is 0 Å². The second kappa shape index (κ2) is 6.48. The molecule has 0 spiro atoms. The third-order valence-corrected chi connectivity index (χ3v) is 4.36. The molecule has 0 saturated heterocycles. The minimum Gasteiger partial charge on any atom is -0.257 e. The van der Waals surface area contributed by atoms with Crippen LogP contribution >= 0.6 is 0 Å². The molecule has 0 aliphatic carbocycles. The third kappa shape index (κ3) is 3.03. The van der Waals surface area contributed by atoms with E-state index in [0.717, 1.165) is 17.3 Å². The van der Waals surface area contributed by atoms with Gasteiger partial charge in [-0.3, -0.25) is 5.01 Å². The van der Waals surface area contributed by atoms with Crippen molar-refractivity contribution in [2.24, 2.45) is 5.10 Å². The van der Waals surface area contributed by atoms with Crippen molar-refractivity contribution < 1.29 is 8.78 Å². The van der Waals surface area contributed by atoms with Gasteiger partial charge in [0.1, 0.15) is 11.6 Å². The molecule has 2 nitrogen and oxygen atoms in total. The maximum atomic E-state index is 14.2. The highest BCUT2D eigenvalue weighted by molar-refractivity contribution is 6.03. The maximum Gasteiger partial charge on any atom is 0.135 e. The Kier molecular flexibility index (Phi) is 4.02. The smallest absolute Gasteiger partial charge is 0.135 e. The lowest BCUT2D eigenvalue weighted by molar-refractivity contribution is 0.581. The van der Waals surface area contributed by atoms with Crippen molar-refractivity contribution in [2.45, 2.75) is 12.5 Å². The lowest BCUT2D eigenvalue weighted by Crippen LogP contribution is -2.18. The number of nitrogens with zero attached hydrogens (tertiary/aromatic N) is 2. The van der Waals surface area contributed by atoms with Crippen LogP contribution in [0, 0.1) is 11.6 Å². The highest BCUT2D eigenvalue weighted by Crippen LogP contribution is 2.36. The molecule has 4 heteroatoms. The first kappa shape index (κ1) is 15.5. The predicted molar refractivity (Wildman–Crippen MR) is 95.6 cm³/mol. The Balaban J connectivity index is 1.77. The van der Waals surface area contributed by atoms with E-state index in [0.29, 0.717) is 17.7 Å². The minimum atomic E-state index is -0.584. The summed E-state index contributed by atoms with van der Waals surface area (Å²) in [6.45, 7) is 0. The number of anilines is 1. The Morgan fingerprint density at radius 2 is 1.52 bits per heavy atom. The van der Waals surface area contributed by atoms with Gasteiger partial charge in [0.15, 0.2) is 0 Å². The minimum absolute atomic E-state index is 0.0250. The SMILES string of the molecule is Fc1ccc(C2=NN(c3ccccc3)[C@H](c3ccccc3)C2)c(F)c1. The van der Waals surface area contributed by atoms with E-state index in [2.05, 4.69) is 5.10 Å².